The monoisotopic (exact) mass is 347 g/mol. The topological polar surface area (TPSA) is 77.3 Å². The summed E-state index contributed by atoms with van der Waals surface area (Å²) < 4.78 is 11.0. The molecule has 1 aliphatic heterocycles. The van der Waals surface area contributed by atoms with Gasteiger partial charge in [-0.2, -0.15) is 0 Å². The van der Waals surface area contributed by atoms with Crippen LogP contribution in [0, 0.1) is 0 Å². The van der Waals surface area contributed by atoms with Crippen LogP contribution >= 0.6 is 11.3 Å². The molecule has 0 aromatic carbocycles. The minimum absolute atomic E-state index is 0.162. The Morgan fingerprint density at radius 3 is 2.92 bits per heavy atom. The van der Waals surface area contributed by atoms with E-state index in [0.717, 1.165) is 31.4 Å². The lowest BCUT2D eigenvalue weighted by atomic mass is 10.0. The highest BCUT2D eigenvalue weighted by atomic mass is 32.1. The van der Waals surface area contributed by atoms with Crippen LogP contribution in [0.15, 0.2) is 10.8 Å². The van der Waals surface area contributed by atoms with Crippen molar-refractivity contribution in [3.63, 3.8) is 0 Å². The smallest absolute Gasteiger partial charge is 0.279 e. The highest BCUT2D eigenvalue weighted by Crippen LogP contribution is 2.32. The minimum Gasteiger partial charge on any atom is -0.445 e. The first-order valence-electron chi connectivity index (χ1n) is 8.66. The van der Waals surface area contributed by atoms with E-state index in [1.54, 1.807) is 11.3 Å². The van der Waals surface area contributed by atoms with Crippen LogP contribution in [0.4, 0.5) is 5.13 Å². The van der Waals surface area contributed by atoms with Crippen molar-refractivity contribution in [3.8, 4) is 0 Å². The number of aryl methyl sites for hydroxylation is 2. The molecule has 1 atom stereocenters. The molecule has 3 heterocycles. The van der Waals surface area contributed by atoms with Gasteiger partial charge in [0.1, 0.15) is 6.10 Å². The van der Waals surface area contributed by atoms with Crippen molar-refractivity contribution in [3.05, 3.63) is 28.4 Å². The fraction of sp³-hybridized carbons (Fsp3) is 0.588. The van der Waals surface area contributed by atoms with Crippen LogP contribution in [0.3, 0.4) is 0 Å². The Kier molecular flexibility index (Phi) is 4.62. The number of fused-ring (bicyclic) bond motifs is 1. The number of carbonyl (C=O) groups is 1. The van der Waals surface area contributed by atoms with E-state index in [2.05, 4.69) is 15.3 Å². The SMILES string of the molecule is O=C(Nc1nc2c(s1)CCCCCC2)c1ncoc1C1CCCO1. The lowest BCUT2D eigenvalue weighted by molar-refractivity contribution is 0.0889. The number of hydrogen-bond donors (Lipinski definition) is 1. The van der Waals surface area contributed by atoms with Gasteiger partial charge in [-0.25, -0.2) is 9.97 Å². The molecule has 0 spiro atoms. The summed E-state index contributed by atoms with van der Waals surface area (Å²) in [5.41, 5.74) is 1.46. The maximum atomic E-state index is 12.6. The van der Waals surface area contributed by atoms with E-state index in [9.17, 15) is 4.79 Å². The van der Waals surface area contributed by atoms with Gasteiger partial charge in [-0.15, -0.1) is 11.3 Å². The van der Waals surface area contributed by atoms with Crippen molar-refractivity contribution in [2.24, 2.45) is 0 Å². The zero-order valence-electron chi connectivity index (χ0n) is 13.5. The number of nitrogens with one attached hydrogen (secondary N) is 1. The highest BCUT2D eigenvalue weighted by molar-refractivity contribution is 7.15. The Bertz CT molecular complexity index is 693. The van der Waals surface area contributed by atoms with Gasteiger partial charge in [0.15, 0.2) is 23.0 Å². The first-order valence-corrected chi connectivity index (χ1v) is 9.48. The third kappa shape index (κ3) is 3.23. The molecule has 1 unspecified atom stereocenters. The summed E-state index contributed by atoms with van der Waals surface area (Å²) in [5, 5.41) is 3.56. The lowest BCUT2D eigenvalue weighted by Gasteiger charge is -2.07. The Labute approximate surface area is 144 Å². The van der Waals surface area contributed by atoms with Crippen LogP contribution in [0.25, 0.3) is 0 Å². The van der Waals surface area contributed by atoms with E-state index in [0.29, 0.717) is 23.2 Å². The van der Waals surface area contributed by atoms with E-state index >= 15 is 0 Å². The molecule has 2 aromatic heterocycles. The summed E-state index contributed by atoms with van der Waals surface area (Å²) in [7, 11) is 0. The van der Waals surface area contributed by atoms with Crippen molar-refractivity contribution in [2.75, 3.05) is 11.9 Å². The number of amides is 1. The first kappa shape index (κ1) is 15.8. The number of carbonyl (C=O) groups excluding carboxylic acids is 1. The van der Waals surface area contributed by atoms with E-state index in [1.807, 2.05) is 0 Å². The Morgan fingerprint density at radius 1 is 1.21 bits per heavy atom. The number of nitrogens with zero attached hydrogens (tertiary/aromatic N) is 2. The first-order chi connectivity index (χ1) is 11.8. The molecule has 1 saturated heterocycles. The van der Waals surface area contributed by atoms with E-state index in [1.165, 1.54) is 37.0 Å². The van der Waals surface area contributed by atoms with Gasteiger partial charge < -0.3 is 9.15 Å². The van der Waals surface area contributed by atoms with Gasteiger partial charge in [-0.3, -0.25) is 10.1 Å². The summed E-state index contributed by atoms with van der Waals surface area (Å²) in [6.45, 7) is 0.700. The number of rotatable bonds is 3. The molecule has 1 amide bonds. The third-order valence-corrected chi connectivity index (χ3v) is 5.67. The van der Waals surface area contributed by atoms with E-state index < -0.39 is 0 Å². The lowest BCUT2D eigenvalue weighted by Crippen LogP contribution is -2.15. The Hall–Kier alpha value is -1.73. The van der Waals surface area contributed by atoms with Crippen molar-refractivity contribution in [2.45, 2.75) is 57.5 Å². The van der Waals surface area contributed by atoms with Crippen molar-refractivity contribution in [1.29, 1.82) is 0 Å². The minimum atomic E-state index is -0.268. The quantitative estimate of drug-likeness (QED) is 0.911. The molecule has 0 bridgehead atoms. The van der Waals surface area contributed by atoms with Crippen LogP contribution < -0.4 is 5.32 Å². The summed E-state index contributed by atoms with van der Waals surface area (Å²) >= 11 is 1.59. The van der Waals surface area contributed by atoms with Crippen molar-refractivity contribution < 1.29 is 13.9 Å². The standard InChI is InChI=1S/C17H21N3O3S/c21-16(14-15(23-10-18-14)12-7-5-9-22-12)20-17-19-11-6-3-1-2-4-8-13(11)24-17/h10,12H,1-9H2,(H,19,20,21). The maximum Gasteiger partial charge on any atom is 0.279 e. The molecule has 4 rings (SSSR count). The molecule has 0 radical (unpaired) electrons. The van der Waals surface area contributed by atoms with Crippen LogP contribution in [0.1, 0.15) is 71.4 Å². The molecule has 0 saturated carbocycles. The van der Waals surface area contributed by atoms with Crippen molar-refractivity contribution >= 4 is 22.4 Å². The zero-order valence-corrected chi connectivity index (χ0v) is 14.4. The molecule has 24 heavy (non-hydrogen) atoms. The average Bonchev–Trinajstić information content (AvgIpc) is 3.27. The van der Waals surface area contributed by atoms with Crippen LogP contribution in [-0.4, -0.2) is 22.5 Å². The Morgan fingerprint density at radius 2 is 2.08 bits per heavy atom. The van der Waals surface area contributed by atoms with Gasteiger partial charge in [0.05, 0.1) is 5.69 Å². The number of anilines is 1. The largest absolute Gasteiger partial charge is 0.445 e. The number of hydrogen-bond acceptors (Lipinski definition) is 6. The maximum absolute atomic E-state index is 12.6. The second-order valence-electron chi connectivity index (χ2n) is 6.32. The summed E-state index contributed by atoms with van der Waals surface area (Å²) in [6.07, 6.45) is 9.99. The molecular weight excluding hydrogens is 326 g/mol. The average molecular weight is 347 g/mol. The van der Waals surface area contributed by atoms with Gasteiger partial charge in [0, 0.05) is 11.5 Å². The number of ether oxygens (including phenoxy) is 1. The fourth-order valence-electron chi connectivity index (χ4n) is 3.35. The normalized spacial score (nSPS) is 21.1. The highest BCUT2D eigenvalue weighted by Gasteiger charge is 2.28. The van der Waals surface area contributed by atoms with Crippen LogP contribution in [-0.2, 0) is 17.6 Å². The van der Waals surface area contributed by atoms with Gasteiger partial charge in [-0.05, 0) is 38.5 Å². The van der Waals surface area contributed by atoms with Gasteiger partial charge in [0.25, 0.3) is 5.91 Å². The summed E-state index contributed by atoms with van der Waals surface area (Å²) in [4.78, 5) is 22.6. The van der Waals surface area contributed by atoms with Crippen LogP contribution in [0.2, 0.25) is 0 Å². The molecule has 6 nitrogen and oxygen atoms in total. The third-order valence-electron chi connectivity index (χ3n) is 4.60. The predicted molar refractivity (Wildman–Crippen MR) is 90.4 cm³/mol. The molecular formula is C17H21N3O3S. The molecule has 1 fully saturated rings. The molecule has 7 heteroatoms. The number of oxazole rings is 1. The van der Waals surface area contributed by atoms with E-state index in [4.69, 9.17) is 9.15 Å². The molecule has 128 valence electrons. The van der Waals surface area contributed by atoms with E-state index in [-0.39, 0.29) is 12.0 Å². The number of thiazole rings is 1. The second-order valence-corrected chi connectivity index (χ2v) is 7.41. The van der Waals surface area contributed by atoms with Crippen molar-refractivity contribution in [1.82, 2.24) is 9.97 Å². The molecule has 1 N–H and O–H groups in total. The Balaban J connectivity index is 1.50. The van der Waals surface area contributed by atoms with Gasteiger partial charge in [0.2, 0.25) is 0 Å². The predicted octanol–water partition coefficient (Wildman–Crippen LogP) is 3.89. The fourth-order valence-corrected chi connectivity index (χ4v) is 4.40. The summed E-state index contributed by atoms with van der Waals surface area (Å²) in [5.74, 6) is 0.260. The molecule has 2 aliphatic rings. The van der Waals surface area contributed by atoms with Gasteiger partial charge in [-0.1, -0.05) is 12.8 Å². The number of aromatic nitrogens is 2. The molecule has 2 aromatic rings. The van der Waals surface area contributed by atoms with Crippen LogP contribution in [0.5, 0.6) is 0 Å². The molecule has 1 aliphatic carbocycles. The second kappa shape index (κ2) is 7.03. The van der Waals surface area contributed by atoms with Gasteiger partial charge >= 0.3 is 0 Å². The zero-order chi connectivity index (χ0) is 16.4. The summed E-state index contributed by atoms with van der Waals surface area (Å²) in [6, 6.07) is 0.